The first-order valence-corrected chi connectivity index (χ1v) is 8.32. The second-order valence-corrected chi connectivity index (χ2v) is 6.31. The molecule has 0 amide bonds. The van der Waals surface area contributed by atoms with Gasteiger partial charge in [-0.1, -0.05) is 42.5 Å². The van der Waals surface area contributed by atoms with Crippen molar-refractivity contribution in [3.05, 3.63) is 71.6 Å². The van der Waals surface area contributed by atoms with E-state index in [0.717, 1.165) is 36.6 Å². The fourth-order valence-corrected chi connectivity index (χ4v) is 3.61. The molecule has 0 aromatic heterocycles. The van der Waals surface area contributed by atoms with Crippen molar-refractivity contribution in [2.75, 3.05) is 7.05 Å². The van der Waals surface area contributed by atoms with Crippen LogP contribution in [0.15, 0.2) is 60.4 Å². The molecule has 0 radical (unpaired) electrons. The number of allylic oxidation sites excluding steroid dienone is 1. The van der Waals surface area contributed by atoms with Crippen molar-refractivity contribution in [3.63, 3.8) is 0 Å². The Balaban J connectivity index is 2.13. The maximum atomic E-state index is 13.5. The molecule has 2 nitrogen and oxygen atoms in total. The Morgan fingerprint density at radius 1 is 1.04 bits per heavy atom. The molecule has 3 rings (SSSR count). The summed E-state index contributed by atoms with van der Waals surface area (Å²) in [4.78, 5) is 2.08. The maximum Gasteiger partial charge on any atom is 0.417 e. The van der Waals surface area contributed by atoms with E-state index >= 15 is 0 Å². The fraction of sp³-hybridized carbons (Fsp3) is 0.300. The molecule has 0 spiro atoms. The van der Waals surface area contributed by atoms with Crippen LogP contribution in [-0.4, -0.2) is 11.9 Å². The van der Waals surface area contributed by atoms with Crippen LogP contribution >= 0.6 is 0 Å². The number of rotatable bonds is 2. The summed E-state index contributed by atoms with van der Waals surface area (Å²) in [6.45, 7) is 0. The molecule has 0 aliphatic carbocycles. The molecule has 1 saturated heterocycles. The van der Waals surface area contributed by atoms with Crippen molar-refractivity contribution >= 4 is 0 Å². The van der Waals surface area contributed by atoms with Gasteiger partial charge in [-0.05, 0) is 42.0 Å². The Morgan fingerprint density at radius 2 is 1.68 bits per heavy atom. The van der Waals surface area contributed by atoms with Gasteiger partial charge in [0.2, 0.25) is 0 Å². The number of hydrogen-bond donors (Lipinski definition) is 1. The quantitative estimate of drug-likeness (QED) is 0.796. The van der Waals surface area contributed by atoms with Crippen molar-refractivity contribution in [2.24, 2.45) is 5.73 Å². The van der Waals surface area contributed by atoms with E-state index in [1.165, 1.54) is 6.07 Å². The number of likely N-dealkylation sites (tertiary alicyclic amines) is 1. The third-order valence-corrected chi connectivity index (χ3v) is 4.87. The minimum absolute atomic E-state index is 0.0149. The number of nitrogens with zero attached hydrogens (tertiary/aromatic N) is 1. The van der Waals surface area contributed by atoms with Crippen LogP contribution in [0.3, 0.4) is 0 Å². The lowest BCUT2D eigenvalue weighted by Gasteiger charge is -2.37. The van der Waals surface area contributed by atoms with E-state index in [9.17, 15) is 13.2 Å². The minimum Gasteiger partial charge on any atom is -0.403 e. The first-order valence-electron chi connectivity index (χ1n) is 8.32. The zero-order chi connectivity index (χ0) is 18.0. The minimum atomic E-state index is -4.38. The van der Waals surface area contributed by atoms with Gasteiger partial charge in [-0.25, -0.2) is 0 Å². The second-order valence-electron chi connectivity index (χ2n) is 6.31. The van der Waals surface area contributed by atoms with Crippen LogP contribution in [0.4, 0.5) is 13.2 Å². The SMILES string of the molecule is CN1/C(=C\N)CCCC1c1ccccc1-c1ccccc1C(F)(F)F. The summed E-state index contributed by atoms with van der Waals surface area (Å²) in [5.41, 5.74) is 7.89. The Labute approximate surface area is 145 Å². The van der Waals surface area contributed by atoms with Crippen molar-refractivity contribution in [1.29, 1.82) is 0 Å². The second kappa shape index (κ2) is 6.82. The topological polar surface area (TPSA) is 29.3 Å². The molecule has 1 aliphatic heterocycles. The van der Waals surface area contributed by atoms with E-state index in [4.69, 9.17) is 5.73 Å². The summed E-state index contributed by atoms with van der Waals surface area (Å²) in [5.74, 6) is 0. The van der Waals surface area contributed by atoms with E-state index in [-0.39, 0.29) is 11.6 Å². The molecule has 1 aliphatic rings. The fourth-order valence-electron chi connectivity index (χ4n) is 3.61. The first kappa shape index (κ1) is 17.4. The van der Waals surface area contributed by atoms with Gasteiger partial charge in [0.15, 0.2) is 0 Å². The first-order chi connectivity index (χ1) is 11.9. The predicted octanol–water partition coefficient (Wildman–Crippen LogP) is 5.33. The molecule has 132 valence electrons. The van der Waals surface area contributed by atoms with Gasteiger partial charge in [-0.3, -0.25) is 0 Å². The molecule has 25 heavy (non-hydrogen) atoms. The van der Waals surface area contributed by atoms with Crippen molar-refractivity contribution in [1.82, 2.24) is 4.90 Å². The van der Waals surface area contributed by atoms with Crippen molar-refractivity contribution in [2.45, 2.75) is 31.5 Å². The van der Waals surface area contributed by atoms with Gasteiger partial charge in [-0.15, -0.1) is 0 Å². The van der Waals surface area contributed by atoms with Gasteiger partial charge in [0.1, 0.15) is 0 Å². The number of piperidine rings is 1. The van der Waals surface area contributed by atoms with E-state index in [0.29, 0.717) is 5.56 Å². The van der Waals surface area contributed by atoms with E-state index in [1.807, 2.05) is 19.2 Å². The van der Waals surface area contributed by atoms with Crippen LogP contribution in [0, 0.1) is 0 Å². The average molecular weight is 346 g/mol. The molecular formula is C20H21F3N2. The summed E-state index contributed by atoms with van der Waals surface area (Å²) in [6, 6.07) is 13.1. The van der Waals surface area contributed by atoms with Gasteiger partial charge in [0, 0.05) is 18.9 Å². The van der Waals surface area contributed by atoms with E-state index in [2.05, 4.69) is 4.90 Å². The molecule has 1 unspecified atom stereocenters. The number of alkyl halides is 3. The smallest absolute Gasteiger partial charge is 0.403 e. The maximum absolute atomic E-state index is 13.5. The zero-order valence-corrected chi connectivity index (χ0v) is 14.1. The summed E-state index contributed by atoms with van der Waals surface area (Å²) >= 11 is 0. The molecule has 1 fully saturated rings. The monoisotopic (exact) mass is 346 g/mol. The predicted molar refractivity (Wildman–Crippen MR) is 93.5 cm³/mol. The number of hydrogen-bond acceptors (Lipinski definition) is 2. The van der Waals surface area contributed by atoms with Crippen LogP contribution < -0.4 is 5.73 Å². The molecule has 1 heterocycles. The van der Waals surface area contributed by atoms with Crippen LogP contribution in [-0.2, 0) is 6.18 Å². The molecule has 2 aromatic rings. The van der Waals surface area contributed by atoms with Gasteiger partial charge in [0.05, 0.1) is 11.6 Å². The van der Waals surface area contributed by atoms with Crippen molar-refractivity contribution in [3.8, 4) is 11.1 Å². The highest BCUT2D eigenvalue weighted by Crippen LogP contribution is 2.42. The Bertz CT molecular complexity index is 781. The lowest BCUT2D eigenvalue weighted by molar-refractivity contribution is -0.137. The third-order valence-electron chi connectivity index (χ3n) is 4.87. The van der Waals surface area contributed by atoms with E-state index < -0.39 is 11.7 Å². The lowest BCUT2D eigenvalue weighted by atomic mass is 9.87. The third kappa shape index (κ3) is 3.36. The van der Waals surface area contributed by atoms with Gasteiger partial charge in [-0.2, -0.15) is 13.2 Å². The number of nitrogens with two attached hydrogens (primary N) is 1. The molecule has 2 N–H and O–H groups in total. The standard InChI is InChI=1S/C20H21F3N2/c1-25-14(13-24)7-6-12-19(25)17-10-3-2-8-15(17)16-9-4-5-11-18(16)20(21,22)23/h2-5,8-11,13,19H,6-7,12,24H2,1H3/b14-13-. The zero-order valence-electron chi connectivity index (χ0n) is 14.1. The van der Waals surface area contributed by atoms with Gasteiger partial charge < -0.3 is 10.6 Å². The highest BCUT2D eigenvalue weighted by atomic mass is 19.4. The van der Waals surface area contributed by atoms with Gasteiger partial charge >= 0.3 is 6.18 Å². The molecule has 0 bridgehead atoms. The molecule has 5 heteroatoms. The summed E-state index contributed by atoms with van der Waals surface area (Å²) in [6.07, 6.45) is -0.0416. The van der Waals surface area contributed by atoms with Crippen LogP contribution in [0.25, 0.3) is 11.1 Å². The molecular weight excluding hydrogens is 325 g/mol. The van der Waals surface area contributed by atoms with Crippen LogP contribution in [0.5, 0.6) is 0 Å². The van der Waals surface area contributed by atoms with Crippen molar-refractivity contribution < 1.29 is 13.2 Å². The van der Waals surface area contributed by atoms with Crippen LogP contribution in [0.2, 0.25) is 0 Å². The molecule has 0 saturated carbocycles. The Kier molecular flexibility index (Phi) is 4.75. The van der Waals surface area contributed by atoms with Gasteiger partial charge in [0.25, 0.3) is 0 Å². The molecule has 2 aromatic carbocycles. The largest absolute Gasteiger partial charge is 0.417 e. The summed E-state index contributed by atoms with van der Waals surface area (Å²) in [5, 5.41) is 0. The normalized spacial score (nSPS) is 20.1. The highest BCUT2D eigenvalue weighted by Gasteiger charge is 2.34. The number of halogens is 3. The van der Waals surface area contributed by atoms with E-state index in [1.54, 1.807) is 30.5 Å². The average Bonchev–Trinajstić information content (AvgIpc) is 2.61. The Morgan fingerprint density at radius 3 is 2.36 bits per heavy atom. The van der Waals surface area contributed by atoms with Crippen LogP contribution in [0.1, 0.15) is 36.4 Å². The summed E-state index contributed by atoms with van der Waals surface area (Å²) in [7, 11) is 1.95. The Hall–Kier alpha value is -2.43. The highest BCUT2D eigenvalue weighted by molar-refractivity contribution is 5.72. The summed E-state index contributed by atoms with van der Waals surface area (Å²) < 4.78 is 40.4. The number of benzene rings is 2. The molecule has 1 atom stereocenters. The lowest BCUT2D eigenvalue weighted by Crippen LogP contribution is -2.29.